The van der Waals surface area contributed by atoms with E-state index >= 15 is 0 Å². The fraction of sp³-hybridized carbons (Fsp3) is 0.0345. The van der Waals surface area contributed by atoms with E-state index in [-0.39, 0.29) is 11.8 Å². The minimum absolute atomic E-state index is 0.251. The maximum absolute atomic E-state index is 13.5. The number of hydrogen-bond donors (Lipinski definition) is 1. The summed E-state index contributed by atoms with van der Waals surface area (Å²) in [5.41, 5.74) is 7.23. The molecule has 0 radical (unpaired) electrons. The first-order chi connectivity index (χ1) is 17.5. The van der Waals surface area contributed by atoms with Gasteiger partial charge in [0.25, 0.3) is 11.8 Å². The van der Waals surface area contributed by atoms with Crippen LogP contribution in [0, 0.1) is 0 Å². The molecule has 4 aromatic rings. The molecular formula is C29H20Br2N2O2S. The number of halogens is 2. The Labute approximate surface area is 230 Å². The summed E-state index contributed by atoms with van der Waals surface area (Å²) in [6, 6.07) is 32.9. The number of nitrogens with zero attached hydrogens (tertiary/aromatic N) is 1. The first-order valence-corrected chi connectivity index (χ1v) is 13.6. The van der Waals surface area contributed by atoms with Gasteiger partial charge in [0.1, 0.15) is 5.37 Å². The number of thioether (sulfide) groups is 1. The van der Waals surface area contributed by atoms with Crippen LogP contribution in [-0.2, 0) is 4.79 Å². The number of hydrazine groups is 1. The van der Waals surface area contributed by atoms with E-state index in [1.54, 1.807) is 12.1 Å². The van der Waals surface area contributed by atoms with Gasteiger partial charge < -0.3 is 0 Å². The molecule has 1 aliphatic rings. The van der Waals surface area contributed by atoms with Gasteiger partial charge in [0.2, 0.25) is 0 Å². The van der Waals surface area contributed by atoms with Crippen molar-refractivity contribution in [3.8, 4) is 11.1 Å². The lowest BCUT2D eigenvalue weighted by atomic mass is 10.0. The average molecular weight is 620 g/mol. The Bertz CT molecular complexity index is 1460. The molecule has 4 aromatic carbocycles. The van der Waals surface area contributed by atoms with Crippen LogP contribution in [0.15, 0.2) is 117 Å². The molecule has 0 bridgehead atoms. The highest BCUT2D eigenvalue weighted by Crippen LogP contribution is 2.45. The fourth-order valence-corrected chi connectivity index (χ4v) is 5.91. The SMILES string of the molecule is O=C(NN1C(=O)/C(=C\c2cccc(Br)c2)SC1c1cccc(Br)c1)c1ccc(-c2ccccc2)cc1. The Morgan fingerprint density at radius 2 is 1.47 bits per heavy atom. The van der Waals surface area contributed by atoms with Crippen molar-refractivity contribution in [1.82, 2.24) is 10.4 Å². The molecule has 0 aliphatic carbocycles. The van der Waals surface area contributed by atoms with Gasteiger partial charge in [0.15, 0.2) is 0 Å². The Morgan fingerprint density at radius 3 is 2.17 bits per heavy atom. The predicted molar refractivity (Wildman–Crippen MR) is 153 cm³/mol. The zero-order chi connectivity index (χ0) is 25.1. The summed E-state index contributed by atoms with van der Waals surface area (Å²) in [4.78, 5) is 27.2. The van der Waals surface area contributed by atoms with Crippen LogP contribution < -0.4 is 5.43 Å². The summed E-state index contributed by atoms with van der Waals surface area (Å²) in [6.45, 7) is 0. The van der Waals surface area contributed by atoms with E-state index in [0.29, 0.717) is 10.5 Å². The van der Waals surface area contributed by atoms with Gasteiger partial charge in [0.05, 0.1) is 4.91 Å². The molecule has 1 fully saturated rings. The number of rotatable bonds is 5. The summed E-state index contributed by atoms with van der Waals surface area (Å²) >= 11 is 8.41. The molecule has 0 saturated carbocycles. The van der Waals surface area contributed by atoms with Crippen molar-refractivity contribution < 1.29 is 9.59 Å². The maximum atomic E-state index is 13.5. The lowest BCUT2D eigenvalue weighted by Gasteiger charge is -2.24. The third-order valence-electron chi connectivity index (χ3n) is 5.66. The third kappa shape index (κ3) is 5.48. The van der Waals surface area contributed by atoms with Crippen LogP contribution in [0.1, 0.15) is 26.9 Å². The topological polar surface area (TPSA) is 49.4 Å². The Kier molecular flexibility index (Phi) is 7.41. The lowest BCUT2D eigenvalue weighted by Crippen LogP contribution is -2.44. The van der Waals surface area contributed by atoms with E-state index in [1.165, 1.54) is 16.8 Å². The smallest absolute Gasteiger partial charge is 0.267 e. The van der Waals surface area contributed by atoms with Crippen LogP contribution in [-0.4, -0.2) is 16.8 Å². The first kappa shape index (κ1) is 24.6. The highest BCUT2D eigenvalue weighted by molar-refractivity contribution is 9.10. The molecule has 1 aliphatic heterocycles. The maximum Gasteiger partial charge on any atom is 0.280 e. The number of hydrogen-bond acceptors (Lipinski definition) is 3. The van der Waals surface area contributed by atoms with Gasteiger partial charge >= 0.3 is 0 Å². The van der Waals surface area contributed by atoms with Crippen LogP contribution in [0.2, 0.25) is 0 Å². The van der Waals surface area contributed by atoms with Gasteiger partial charge in [-0.25, -0.2) is 5.01 Å². The van der Waals surface area contributed by atoms with Crippen molar-refractivity contribution in [3.63, 3.8) is 0 Å². The summed E-state index contributed by atoms with van der Waals surface area (Å²) in [5.74, 6) is -0.591. The standard InChI is InChI=1S/C29H20Br2N2O2S/c30-24-10-4-6-19(16-24)17-26-28(35)33(29(36-26)23-9-5-11-25(31)18-23)32-27(34)22-14-12-21(13-15-22)20-7-2-1-3-8-20/h1-18,29H,(H,32,34)/b26-17+. The predicted octanol–water partition coefficient (Wildman–Crippen LogP) is 7.84. The molecule has 1 heterocycles. The molecule has 2 amide bonds. The number of amides is 2. The normalized spacial score (nSPS) is 16.4. The van der Waals surface area contributed by atoms with Crippen LogP contribution in [0.5, 0.6) is 0 Å². The number of carbonyl (C=O) groups is 2. The second kappa shape index (κ2) is 10.9. The summed E-state index contributed by atoms with van der Waals surface area (Å²) in [5, 5.41) is 1.02. The molecule has 7 heteroatoms. The van der Waals surface area contributed by atoms with E-state index in [0.717, 1.165) is 31.2 Å². The molecule has 36 heavy (non-hydrogen) atoms. The molecule has 1 unspecified atom stereocenters. The van der Waals surface area contributed by atoms with E-state index in [1.807, 2.05) is 97.1 Å². The van der Waals surface area contributed by atoms with Crippen molar-refractivity contribution in [2.24, 2.45) is 0 Å². The van der Waals surface area contributed by atoms with Gasteiger partial charge in [-0.3, -0.25) is 15.0 Å². The minimum Gasteiger partial charge on any atom is -0.267 e. The number of benzene rings is 4. The summed E-state index contributed by atoms with van der Waals surface area (Å²) in [6.07, 6.45) is 1.85. The van der Waals surface area contributed by atoms with E-state index < -0.39 is 5.37 Å². The average Bonchev–Trinajstić information content (AvgIpc) is 3.19. The molecular weight excluding hydrogens is 600 g/mol. The Morgan fingerprint density at radius 1 is 0.806 bits per heavy atom. The quantitative estimate of drug-likeness (QED) is 0.232. The van der Waals surface area contributed by atoms with E-state index in [9.17, 15) is 9.59 Å². The largest absolute Gasteiger partial charge is 0.280 e. The summed E-state index contributed by atoms with van der Waals surface area (Å²) in [7, 11) is 0. The second-order valence-electron chi connectivity index (χ2n) is 8.15. The molecule has 0 spiro atoms. The molecule has 1 saturated heterocycles. The van der Waals surface area contributed by atoms with Gasteiger partial charge in [0, 0.05) is 14.5 Å². The molecule has 178 valence electrons. The van der Waals surface area contributed by atoms with Crippen molar-refractivity contribution in [2.45, 2.75) is 5.37 Å². The van der Waals surface area contributed by atoms with Gasteiger partial charge in [-0.1, -0.05) is 110 Å². The first-order valence-electron chi connectivity index (χ1n) is 11.2. The third-order valence-corrected chi connectivity index (χ3v) is 7.90. The molecule has 1 N–H and O–H groups in total. The van der Waals surface area contributed by atoms with Crippen LogP contribution in [0.3, 0.4) is 0 Å². The van der Waals surface area contributed by atoms with Crippen molar-refractivity contribution in [2.75, 3.05) is 0 Å². The van der Waals surface area contributed by atoms with Crippen LogP contribution in [0.25, 0.3) is 17.2 Å². The molecule has 4 nitrogen and oxygen atoms in total. The zero-order valence-electron chi connectivity index (χ0n) is 18.9. The highest BCUT2D eigenvalue weighted by atomic mass is 79.9. The lowest BCUT2D eigenvalue weighted by molar-refractivity contribution is -0.128. The monoisotopic (exact) mass is 618 g/mol. The van der Waals surface area contributed by atoms with Gasteiger partial charge in [-0.05, 0) is 64.7 Å². The van der Waals surface area contributed by atoms with E-state index in [4.69, 9.17) is 0 Å². The number of carbonyl (C=O) groups excluding carboxylic acids is 2. The van der Waals surface area contributed by atoms with Crippen molar-refractivity contribution in [3.05, 3.63) is 134 Å². The molecule has 1 atom stereocenters. The highest BCUT2D eigenvalue weighted by Gasteiger charge is 2.38. The zero-order valence-corrected chi connectivity index (χ0v) is 22.9. The van der Waals surface area contributed by atoms with Crippen molar-refractivity contribution >= 4 is 61.5 Å². The van der Waals surface area contributed by atoms with E-state index in [2.05, 4.69) is 37.3 Å². The van der Waals surface area contributed by atoms with Crippen LogP contribution in [0.4, 0.5) is 0 Å². The summed E-state index contributed by atoms with van der Waals surface area (Å²) < 4.78 is 1.83. The molecule has 5 rings (SSSR count). The van der Waals surface area contributed by atoms with Gasteiger partial charge in [-0.15, -0.1) is 0 Å². The van der Waals surface area contributed by atoms with Crippen molar-refractivity contribution in [1.29, 1.82) is 0 Å². The second-order valence-corrected chi connectivity index (χ2v) is 11.1. The van der Waals surface area contributed by atoms with Gasteiger partial charge in [-0.2, -0.15) is 0 Å². The molecule has 0 aromatic heterocycles. The Balaban J connectivity index is 1.42. The minimum atomic E-state index is -0.402. The van der Waals surface area contributed by atoms with Crippen LogP contribution >= 0.6 is 43.6 Å². The fourth-order valence-electron chi connectivity index (χ4n) is 3.90. The Hall–Kier alpha value is -3.13. The number of nitrogens with one attached hydrogen (secondary N) is 1.